The average Bonchev–Trinajstić information content (AvgIpc) is 3.40. The minimum Gasteiger partial charge on any atom is -0.506 e. The lowest BCUT2D eigenvalue weighted by atomic mass is 9.83. The standard InChI is InChI=1S/C38H28OS/c39-36-25-32(24-35-33-19-7-8-20-37(33)40-38(35)36)34(31-18-10-17-30(23-31)28-14-5-2-6-15-28)22-26-11-9-16-29(21-26)27-12-3-1-4-13-27/h1-21,23-25,34,39H,22H2. The van der Waals surface area contributed by atoms with Gasteiger partial charge < -0.3 is 5.11 Å². The van der Waals surface area contributed by atoms with Gasteiger partial charge in [-0.2, -0.15) is 0 Å². The summed E-state index contributed by atoms with van der Waals surface area (Å²) in [6.45, 7) is 0. The number of phenols is 1. The van der Waals surface area contributed by atoms with E-state index in [2.05, 4.69) is 140 Å². The molecule has 0 spiro atoms. The number of rotatable bonds is 6. The normalized spacial score (nSPS) is 12.1. The van der Waals surface area contributed by atoms with Gasteiger partial charge in [0, 0.05) is 21.4 Å². The predicted molar refractivity (Wildman–Crippen MR) is 170 cm³/mol. The quantitative estimate of drug-likeness (QED) is 0.226. The second kappa shape index (κ2) is 10.5. The summed E-state index contributed by atoms with van der Waals surface area (Å²) in [5, 5.41) is 13.6. The maximum absolute atomic E-state index is 11.3. The van der Waals surface area contributed by atoms with Gasteiger partial charge >= 0.3 is 0 Å². The van der Waals surface area contributed by atoms with Crippen molar-refractivity contribution in [3.63, 3.8) is 0 Å². The van der Waals surface area contributed by atoms with Crippen molar-refractivity contribution in [2.45, 2.75) is 12.3 Å². The van der Waals surface area contributed by atoms with Crippen LogP contribution in [0.2, 0.25) is 0 Å². The van der Waals surface area contributed by atoms with E-state index in [-0.39, 0.29) is 5.92 Å². The van der Waals surface area contributed by atoms with Crippen LogP contribution in [-0.2, 0) is 6.42 Å². The highest BCUT2D eigenvalue weighted by atomic mass is 32.1. The number of fused-ring (bicyclic) bond motifs is 3. The highest BCUT2D eigenvalue weighted by Gasteiger charge is 2.20. The second-order valence-electron chi connectivity index (χ2n) is 10.3. The number of thiophene rings is 1. The third-order valence-electron chi connectivity index (χ3n) is 7.75. The summed E-state index contributed by atoms with van der Waals surface area (Å²) in [4.78, 5) is 0. The molecule has 0 saturated carbocycles. The molecule has 1 atom stereocenters. The third kappa shape index (κ3) is 4.68. The fraction of sp³-hybridized carbons (Fsp3) is 0.0526. The van der Waals surface area contributed by atoms with Crippen LogP contribution < -0.4 is 0 Å². The largest absolute Gasteiger partial charge is 0.506 e. The highest BCUT2D eigenvalue weighted by molar-refractivity contribution is 7.26. The summed E-state index contributed by atoms with van der Waals surface area (Å²) in [7, 11) is 0. The van der Waals surface area contributed by atoms with E-state index in [0.29, 0.717) is 5.75 Å². The van der Waals surface area contributed by atoms with Crippen LogP contribution in [0.1, 0.15) is 22.6 Å². The lowest BCUT2D eigenvalue weighted by Crippen LogP contribution is -2.06. The van der Waals surface area contributed by atoms with E-state index >= 15 is 0 Å². The molecule has 0 aliphatic heterocycles. The number of hydrogen-bond donors (Lipinski definition) is 1. The molecule has 2 heteroatoms. The molecule has 40 heavy (non-hydrogen) atoms. The van der Waals surface area contributed by atoms with Crippen molar-refractivity contribution in [2.24, 2.45) is 0 Å². The first-order valence-corrected chi connectivity index (χ1v) is 14.5. The van der Waals surface area contributed by atoms with Gasteiger partial charge in [0.15, 0.2) is 0 Å². The molecule has 0 bridgehead atoms. The smallest absolute Gasteiger partial charge is 0.133 e. The van der Waals surface area contributed by atoms with E-state index in [4.69, 9.17) is 0 Å². The zero-order chi connectivity index (χ0) is 26.9. The van der Waals surface area contributed by atoms with Gasteiger partial charge in [-0.3, -0.25) is 0 Å². The van der Waals surface area contributed by atoms with Crippen molar-refractivity contribution in [3.8, 4) is 28.0 Å². The van der Waals surface area contributed by atoms with E-state index in [1.807, 2.05) is 6.07 Å². The highest BCUT2D eigenvalue weighted by Crippen LogP contribution is 2.43. The Morgan fingerprint density at radius 3 is 1.88 bits per heavy atom. The van der Waals surface area contributed by atoms with Crippen LogP contribution in [0.3, 0.4) is 0 Å². The molecule has 6 aromatic carbocycles. The summed E-state index contributed by atoms with van der Waals surface area (Å²) in [5.41, 5.74) is 8.48. The van der Waals surface area contributed by atoms with E-state index in [9.17, 15) is 5.11 Å². The molecular weight excluding hydrogens is 504 g/mol. The maximum Gasteiger partial charge on any atom is 0.133 e. The van der Waals surface area contributed by atoms with Crippen molar-refractivity contribution >= 4 is 31.5 Å². The fourth-order valence-electron chi connectivity index (χ4n) is 5.77. The molecule has 0 aliphatic carbocycles. The van der Waals surface area contributed by atoms with Crippen LogP contribution in [0, 0.1) is 0 Å². The summed E-state index contributed by atoms with van der Waals surface area (Å²) in [5.74, 6) is 0.430. The topological polar surface area (TPSA) is 20.2 Å². The van der Waals surface area contributed by atoms with Crippen LogP contribution in [0.4, 0.5) is 0 Å². The van der Waals surface area contributed by atoms with E-state index in [1.165, 1.54) is 43.5 Å². The Morgan fingerprint density at radius 2 is 1.12 bits per heavy atom. The Balaban J connectivity index is 1.37. The Labute approximate surface area is 238 Å². The molecule has 0 amide bonds. The molecule has 7 rings (SSSR count). The van der Waals surface area contributed by atoms with Gasteiger partial charge in [0.25, 0.3) is 0 Å². The van der Waals surface area contributed by atoms with Gasteiger partial charge in [0.1, 0.15) is 5.75 Å². The fourth-order valence-corrected chi connectivity index (χ4v) is 6.87. The van der Waals surface area contributed by atoms with Crippen molar-refractivity contribution < 1.29 is 5.11 Å². The second-order valence-corrected chi connectivity index (χ2v) is 11.4. The van der Waals surface area contributed by atoms with Gasteiger partial charge in [-0.25, -0.2) is 0 Å². The lowest BCUT2D eigenvalue weighted by Gasteiger charge is -2.21. The third-order valence-corrected chi connectivity index (χ3v) is 8.96. The van der Waals surface area contributed by atoms with Gasteiger partial charge in [-0.1, -0.05) is 127 Å². The Kier molecular flexibility index (Phi) is 6.39. The molecule has 0 radical (unpaired) electrons. The first-order chi connectivity index (χ1) is 19.7. The number of aromatic hydroxyl groups is 1. The Morgan fingerprint density at radius 1 is 0.500 bits per heavy atom. The Bertz CT molecular complexity index is 1940. The molecule has 1 N–H and O–H groups in total. The summed E-state index contributed by atoms with van der Waals surface area (Å²) in [6, 6.07) is 51.6. The first kappa shape index (κ1) is 24.4. The number of hydrogen-bond acceptors (Lipinski definition) is 2. The summed E-state index contributed by atoms with van der Waals surface area (Å²) in [6.07, 6.45) is 0.825. The van der Waals surface area contributed by atoms with E-state index in [1.54, 1.807) is 11.3 Å². The summed E-state index contributed by atoms with van der Waals surface area (Å²) >= 11 is 1.66. The monoisotopic (exact) mass is 532 g/mol. The van der Waals surface area contributed by atoms with Gasteiger partial charge in [-0.15, -0.1) is 11.3 Å². The van der Waals surface area contributed by atoms with Crippen LogP contribution >= 0.6 is 11.3 Å². The van der Waals surface area contributed by atoms with Gasteiger partial charge in [0.2, 0.25) is 0 Å². The average molecular weight is 533 g/mol. The molecule has 1 aromatic heterocycles. The van der Waals surface area contributed by atoms with Crippen molar-refractivity contribution in [2.75, 3.05) is 0 Å². The minimum atomic E-state index is 0.0728. The SMILES string of the molecule is Oc1cc(C(Cc2cccc(-c3ccccc3)c2)c2cccc(-c3ccccc3)c2)cc2c1sc1ccccc12. The van der Waals surface area contributed by atoms with E-state index in [0.717, 1.165) is 22.1 Å². The van der Waals surface area contributed by atoms with Crippen LogP contribution in [-0.4, -0.2) is 5.11 Å². The minimum absolute atomic E-state index is 0.0728. The molecular formula is C38H28OS. The number of benzene rings is 6. The molecule has 0 aliphatic rings. The summed E-state index contributed by atoms with van der Waals surface area (Å²) < 4.78 is 2.15. The number of phenolic OH excluding ortho intramolecular Hbond substituents is 1. The van der Waals surface area contributed by atoms with Crippen molar-refractivity contribution in [1.82, 2.24) is 0 Å². The molecule has 1 heterocycles. The van der Waals surface area contributed by atoms with E-state index < -0.39 is 0 Å². The van der Waals surface area contributed by atoms with Crippen LogP contribution in [0.25, 0.3) is 42.4 Å². The zero-order valence-corrected chi connectivity index (χ0v) is 22.8. The molecule has 1 nitrogen and oxygen atoms in total. The van der Waals surface area contributed by atoms with Crippen LogP contribution in [0.15, 0.2) is 146 Å². The van der Waals surface area contributed by atoms with Crippen LogP contribution in [0.5, 0.6) is 5.75 Å². The van der Waals surface area contributed by atoms with Crippen molar-refractivity contribution in [3.05, 3.63) is 162 Å². The maximum atomic E-state index is 11.3. The molecule has 1 unspecified atom stereocenters. The molecule has 0 fully saturated rings. The predicted octanol–water partition coefficient (Wildman–Crippen LogP) is 10.5. The Hall–Kier alpha value is -4.66. The lowest BCUT2D eigenvalue weighted by molar-refractivity contribution is 0.481. The van der Waals surface area contributed by atoms with Gasteiger partial charge in [-0.05, 0) is 63.6 Å². The molecule has 0 saturated heterocycles. The molecule has 7 aromatic rings. The van der Waals surface area contributed by atoms with Crippen molar-refractivity contribution in [1.29, 1.82) is 0 Å². The zero-order valence-electron chi connectivity index (χ0n) is 22.0. The molecule has 192 valence electrons. The first-order valence-electron chi connectivity index (χ1n) is 13.7. The van der Waals surface area contributed by atoms with Gasteiger partial charge in [0.05, 0.1) is 4.70 Å².